The van der Waals surface area contributed by atoms with E-state index in [1.807, 2.05) is 0 Å². The molecule has 0 radical (unpaired) electrons. The van der Waals surface area contributed by atoms with Crippen LogP contribution in [-0.4, -0.2) is 13.1 Å². The maximum Gasteiger partial charge on any atom is 0.0669 e. The zero-order chi connectivity index (χ0) is 12.1. The second-order valence-corrected chi connectivity index (χ2v) is 4.90. The summed E-state index contributed by atoms with van der Waals surface area (Å²) in [7, 11) is 2.19. The zero-order valence-corrected chi connectivity index (χ0v) is 10.5. The van der Waals surface area contributed by atoms with Crippen molar-refractivity contribution in [2.45, 2.75) is 44.6 Å². The van der Waals surface area contributed by atoms with Gasteiger partial charge in [-0.05, 0) is 30.5 Å². The number of hydrogen-bond donors (Lipinski definition) is 0. The van der Waals surface area contributed by atoms with Crippen LogP contribution in [0.15, 0.2) is 24.3 Å². The van der Waals surface area contributed by atoms with Crippen molar-refractivity contribution in [1.29, 1.82) is 5.26 Å². The van der Waals surface area contributed by atoms with E-state index in [9.17, 15) is 0 Å². The average Bonchev–Trinajstić information content (AvgIpc) is 2.40. The maximum absolute atomic E-state index is 8.64. The van der Waals surface area contributed by atoms with Crippen LogP contribution in [0.25, 0.3) is 0 Å². The number of nitrogens with zero attached hydrogens (tertiary/aromatic N) is 2. The van der Waals surface area contributed by atoms with E-state index in [0.717, 1.165) is 5.56 Å². The minimum atomic E-state index is 0.507. The van der Waals surface area contributed by atoms with Gasteiger partial charge in [0.05, 0.1) is 12.5 Å². The molecule has 0 unspecified atom stereocenters. The van der Waals surface area contributed by atoms with Crippen molar-refractivity contribution in [3.8, 4) is 6.07 Å². The van der Waals surface area contributed by atoms with Gasteiger partial charge in [0.15, 0.2) is 0 Å². The number of hydrogen-bond acceptors (Lipinski definition) is 2. The van der Waals surface area contributed by atoms with Crippen LogP contribution in [0.4, 0.5) is 5.69 Å². The minimum absolute atomic E-state index is 0.507. The molecule has 0 atom stereocenters. The van der Waals surface area contributed by atoms with Crippen molar-refractivity contribution in [2.75, 3.05) is 11.9 Å². The third kappa shape index (κ3) is 3.00. The Morgan fingerprint density at radius 3 is 2.41 bits per heavy atom. The summed E-state index contributed by atoms with van der Waals surface area (Å²) in [5.74, 6) is 0. The second kappa shape index (κ2) is 5.72. The van der Waals surface area contributed by atoms with Gasteiger partial charge in [-0.15, -0.1) is 0 Å². The number of anilines is 1. The highest BCUT2D eigenvalue weighted by atomic mass is 15.1. The largest absolute Gasteiger partial charge is 0.372 e. The second-order valence-electron chi connectivity index (χ2n) is 4.90. The Morgan fingerprint density at radius 2 is 1.82 bits per heavy atom. The van der Waals surface area contributed by atoms with E-state index in [0.29, 0.717) is 12.5 Å². The molecule has 17 heavy (non-hydrogen) atoms. The van der Waals surface area contributed by atoms with Crippen LogP contribution < -0.4 is 4.90 Å². The van der Waals surface area contributed by atoms with Crippen molar-refractivity contribution in [3.05, 3.63) is 29.8 Å². The van der Waals surface area contributed by atoms with Crippen LogP contribution >= 0.6 is 0 Å². The van der Waals surface area contributed by atoms with E-state index in [1.165, 1.54) is 37.8 Å². The quantitative estimate of drug-likeness (QED) is 0.791. The molecule has 0 bridgehead atoms. The van der Waals surface area contributed by atoms with Gasteiger partial charge in [-0.1, -0.05) is 31.4 Å². The molecule has 0 aliphatic heterocycles. The lowest BCUT2D eigenvalue weighted by atomic mass is 9.94. The Morgan fingerprint density at radius 1 is 1.18 bits per heavy atom. The van der Waals surface area contributed by atoms with Gasteiger partial charge >= 0.3 is 0 Å². The summed E-state index contributed by atoms with van der Waals surface area (Å²) in [6.07, 6.45) is 7.26. The molecule has 1 aliphatic rings. The highest BCUT2D eigenvalue weighted by molar-refractivity contribution is 5.48. The monoisotopic (exact) mass is 228 g/mol. The molecule has 0 amide bonds. The molecule has 2 heteroatoms. The summed E-state index contributed by atoms with van der Waals surface area (Å²) < 4.78 is 0. The lowest BCUT2D eigenvalue weighted by molar-refractivity contribution is 0.427. The molecule has 90 valence electrons. The fourth-order valence-corrected chi connectivity index (χ4v) is 2.62. The maximum atomic E-state index is 8.64. The fourth-order valence-electron chi connectivity index (χ4n) is 2.62. The van der Waals surface area contributed by atoms with Crippen LogP contribution in [0.5, 0.6) is 0 Å². The smallest absolute Gasteiger partial charge is 0.0669 e. The minimum Gasteiger partial charge on any atom is -0.372 e. The SMILES string of the molecule is CN(c1ccc(CC#N)cc1)C1CCCCC1. The molecule has 0 aromatic heterocycles. The highest BCUT2D eigenvalue weighted by Gasteiger charge is 2.17. The molecule has 0 saturated heterocycles. The molecule has 2 nitrogen and oxygen atoms in total. The molecule has 0 heterocycles. The molecular formula is C15H20N2. The van der Waals surface area contributed by atoms with E-state index in [4.69, 9.17) is 5.26 Å². The third-order valence-electron chi connectivity index (χ3n) is 3.75. The van der Waals surface area contributed by atoms with Crippen molar-refractivity contribution < 1.29 is 0 Å². The summed E-state index contributed by atoms with van der Waals surface area (Å²) in [4.78, 5) is 2.40. The topological polar surface area (TPSA) is 27.0 Å². The Labute approximate surface area is 104 Å². The first kappa shape index (κ1) is 12.0. The highest BCUT2D eigenvalue weighted by Crippen LogP contribution is 2.26. The van der Waals surface area contributed by atoms with E-state index < -0.39 is 0 Å². The standard InChI is InChI=1S/C15H20N2/c1-17(14-5-3-2-4-6-14)15-9-7-13(8-10-15)11-12-16/h7-10,14H,2-6,11H2,1H3. The molecule has 1 aromatic rings. The Kier molecular flexibility index (Phi) is 4.03. The summed E-state index contributed by atoms with van der Waals surface area (Å²) in [5.41, 5.74) is 2.38. The first-order chi connectivity index (χ1) is 8.31. The van der Waals surface area contributed by atoms with Gasteiger partial charge in [0.25, 0.3) is 0 Å². The Hall–Kier alpha value is -1.49. The van der Waals surface area contributed by atoms with Crippen LogP contribution in [-0.2, 0) is 6.42 Å². The van der Waals surface area contributed by atoms with Crippen LogP contribution in [0, 0.1) is 11.3 Å². The molecule has 1 aromatic carbocycles. The number of benzene rings is 1. The van der Waals surface area contributed by atoms with Gasteiger partial charge in [0.2, 0.25) is 0 Å². The molecule has 1 aliphatic carbocycles. The van der Waals surface area contributed by atoms with Gasteiger partial charge in [0, 0.05) is 18.8 Å². The molecule has 0 N–H and O–H groups in total. The average molecular weight is 228 g/mol. The van der Waals surface area contributed by atoms with Gasteiger partial charge in [0.1, 0.15) is 0 Å². The van der Waals surface area contributed by atoms with Crippen LogP contribution in [0.2, 0.25) is 0 Å². The zero-order valence-electron chi connectivity index (χ0n) is 10.5. The lowest BCUT2D eigenvalue weighted by Crippen LogP contribution is -2.33. The molecular weight excluding hydrogens is 208 g/mol. The van der Waals surface area contributed by atoms with E-state index >= 15 is 0 Å². The summed E-state index contributed by atoms with van der Waals surface area (Å²) in [5, 5.41) is 8.64. The number of nitriles is 1. The molecule has 1 fully saturated rings. The fraction of sp³-hybridized carbons (Fsp3) is 0.533. The first-order valence-corrected chi connectivity index (χ1v) is 6.50. The van der Waals surface area contributed by atoms with E-state index in [-0.39, 0.29) is 0 Å². The van der Waals surface area contributed by atoms with Crippen LogP contribution in [0.1, 0.15) is 37.7 Å². The van der Waals surface area contributed by atoms with Gasteiger partial charge in [-0.25, -0.2) is 0 Å². The van der Waals surface area contributed by atoms with Crippen molar-refractivity contribution >= 4 is 5.69 Å². The van der Waals surface area contributed by atoms with Crippen molar-refractivity contribution in [3.63, 3.8) is 0 Å². The summed E-state index contributed by atoms with van der Waals surface area (Å²) in [6.45, 7) is 0. The molecule has 0 spiro atoms. The first-order valence-electron chi connectivity index (χ1n) is 6.50. The van der Waals surface area contributed by atoms with E-state index in [1.54, 1.807) is 0 Å². The predicted octanol–water partition coefficient (Wildman–Crippen LogP) is 3.52. The Balaban J connectivity index is 2.03. The molecule has 2 rings (SSSR count). The van der Waals surface area contributed by atoms with Gasteiger partial charge in [-0.3, -0.25) is 0 Å². The lowest BCUT2D eigenvalue weighted by Gasteiger charge is -2.33. The normalized spacial score (nSPS) is 16.5. The summed E-state index contributed by atoms with van der Waals surface area (Å²) >= 11 is 0. The molecule has 1 saturated carbocycles. The third-order valence-corrected chi connectivity index (χ3v) is 3.75. The van der Waals surface area contributed by atoms with Crippen molar-refractivity contribution in [2.24, 2.45) is 0 Å². The predicted molar refractivity (Wildman–Crippen MR) is 71.0 cm³/mol. The van der Waals surface area contributed by atoms with E-state index in [2.05, 4.69) is 42.3 Å². The van der Waals surface area contributed by atoms with Crippen molar-refractivity contribution in [1.82, 2.24) is 0 Å². The summed E-state index contributed by atoms with van der Waals surface area (Å²) in [6, 6.07) is 11.3. The Bertz CT molecular complexity index is 382. The van der Waals surface area contributed by atoms with Crippen LogP contribution in [0.3, 0.4) is 0 Å². The number of rotatable bonds is 3. The van der Waals surface area contributed by atoms with Gasteiger partial charge < -0.3 is 4.90 Å². The van der Waals surface area contributed by atoms with Gasteiger partial charge in [-0.2, -0.15) is 5.26 Å².